The summed E-state index contributed by atoms with van der Waals surface area (Å²) in [6, 6.07) is 95.2. The number of furan rings is 1. The predicted molar refractivity (Wildman–Crippen MR) is 286 cm³/mol. The highest BCUT2D eigenvalue weighted by molar-refractivity contribution is 6.13. The molecule has 0 N–H and O–H groups in total. The molecule has 2 aliphatic rings. The third-order valence-corrected chi connectivity index (χ3v) is 14.7. The Labute approximate surface area is 401 Å². The molecule has 0 aliphatic heterocycles. The fourth-order valence-electron chi connectivity index (χ4n) is 11.6. The Balaban J connectivity index is 0.861. The Kier molecular flexibility index (Phi) is 8.84. The van der Waals surface area contributed by atoms with E-state index in [4.69, 9.17) is 4.42 Å². The molecule has 0 saturated carbocycles. The Bertz CT molecular complexity index is 3860. The Hall–Kier alpha value is -8.98. The minimum atomic E-state index is -0.435. The van der Waals surface area contributed by atoms with Gasteiger partial charge in [-0.15, -0.1) is 0 Å². The van der Waals surface area contributed by atoms with Gasteiger partial charge in [-0.05, 0) is 114 Å². The fraction of sp³-hybridized carbons (Fsp3) is 0.0149. The standard InChI is InChI=1S/C67H43NO/c1-3-15-44(16-4-1)46-33-37-50(38-34-46)68(52-41-42-58-57-21-9-12-28-63(57)67(64(58)43-52)61-26-10-7-19-55(61)56-20-8-11-27-62(56)67)51-39-35-47(36-40-51)45-29-31-49(32-30-45)54-23-14-25-60-59-24-13-22-53(65(59)69-66(54)60)48-17-5-2-6-18-48/h1-43H. The van der Waals surface area contributed by atoms with Crippen LogP contribution in [-0.2, 0) is 5.41 Å². The van der Waals surface area contributed by atoms with E-state index in [1.54, 1.807) is 0 Å². The molecule has 1 spiro atoms. The molecule has 0 fully saturated rings. The summed E-state index contributed by atoms with van der Waals surface area (Å²) in [5.74, 6) is 0. The molecule has 0 amide bonds. The lowest BCUT2D eigenvalue weighted by Gasteiger charge is -2.32. The van der Waals surface area contributed by atoms with Crippen molar-refractivity contribution in [3.05, 3.63) is 283 Å². The normalized spacial score (nSPS) is 12.8. The molecular weight excluding hydrogens is 835 g/mol. The van der Waals surface area contributed by atoms with Crippen LogP contribution in [0.2, 0.25) is 0 Å². The second-order valence-corrected chi connectivity index (χ2v) is 18.3. The summed E-state index contributed by atoms with van der Waals surface area (Å²) in [6.07, 6.45) is 0. The van der Waals surface area contributed by atoms with Crippen LogP contribution in [0.25, 0.3) is 88.7 Å². The molecule has 1 heterocycles. The summed E-state index contributed by atoms with van der Waals surface area (Å²) >= 11 is 0. The minimum Gasteiger partial charge on any atom is -0.455 e. The van der Waals surface area contributed by atoms with Crippen molar-refractivity contribution in [1.82, 2.24) is 0 Å². The third kappa shape index (κ3) is 5.99. The van der Waals surface area contributed by atoms with Crippen molar-refractivity contribution < 1.29 is 4.42 Å². The van der Waals surface area contributed by atoms with Gasteiger partial charge in [-0.25, -0.2) is 0 Å². The highest BCUT2D eigenvalue weighted by atomic mass is 16.3. The molecule has 2 aliphatic carbocycles. The molecule has 0 atom stereocenters. The van der Waals surface area contributed by atoms with Crippen LogP contribution in [0, 0.1) is 0 Å². The average molecular weight is 878 g/mol. The molecular formula is C67H43NO. The number of nitrogens with zero attached hydrogens (tertiary/aromatic N) is 1. The van der Waals surface area contributed by atoms with Crippen molar-refractivity contribution in [1.29, 1.82) is 0 Å². The summed E-state index contributed by atoms with van der Waals surface area (Å²) in [7, 11) is 0. The summed E-state index contributed by atoms with van der Waals surface area (Å²) in [4.78, 5) is 2.42. The molecule has 0 radical (unpaired) electrons. The van der Waals surface area contributed by atoms with E-state index in [2.05, 4.69) is 266 Å². The van der Waals surface area contributed by atoms with Gasteiger partial charge in [0.15, 0.2) is 0 Å². The first kappa shape index (κ1) is 39.2. The first-order valence-corrected chi connectivity index (χ1v) is 23.8. The summed E-state index contributed by atoms with van der Waals surface area (Å²) < 4.78 is 6.77. The minimum absolute atomic E-state index is 0.435. The molecule has 11 aromatic carbocycles. The zero-order chi connectivity index (χ0) is 45.5. The average Bonchev–Trinajstić information content (AvgIpc) is 4.06. The van der Waals surface area contributed by atoms with E-state index in [0.717, 1.165) is 72.4 Å². The quantitative estimate of drug-likeness (QED) is 0.159. The van der Waals surface area contributed by atoms with Crippen molar-refractivity contribution in [3.63, 3.8) is 0 Å². The lowest BCUT2D eigenvalue weighted by molar-refractivity contribution is 0.671. The van der Waals surface area contributed by atoms with Gasteiger partial charge in [0.25, 0.3) is 0 Å². The van der Waals surface area contributed by atoms with Crippen molar-refractivity contribution in [2.45, 2.75) is 5.41 Å². The van der Waals surface area contributed by atoms with Crippen LogP contribution in [0.3, 0.4) is 0 Å². The van der Waals surface area contributed by atoms with E-state index in [9.17, 15) is 0 Å². The molecule has 322 valence electrons. The van der Waals surface area contributed by atoms with Gasteiger partial charge in [-0.1, -0.05) is 224 Å². The van der Waals surface area contributed by atoms with Gasteiger partial charge in [0.2, 0.25) is 0 Å². The summed E-state index contributed by atoms with van der Waals surface area (Å²) in [5.41, 5.74) is 24.4. The van der Waals surface area contributed by atoms with Gasteiger partial charge in [0, 0.05) is 39.0 Å². The lowest BCUT2D eigenvalue weighted by atomic mass is 9.70. The van der Waals surface area contributed by atoms with Crippen molar-refractivity contribution in [2.24, 2.45) is 0 Å². The smallest absolute Gasteiger partial charge is 0.143 e. The second-order valence-electron chi connectivity index (χ2n) is 18.3. The highest BCUT2D eigenvalue weighted by Gasteiger charge is 2.51. The summed E-state index contributed by atoms with van der Waals surface area (Å²) in [5, 5.41) is 2.25. The largest absolute Gasteiger partial charge is 0.455 e. The van der Waals surface area contributed by atoms with Gasteiger partial charge in [0.1, 0.15) is 11.2 Å². The van der Waals surface area contributed by atoms with Crippen molar-refractivity contribution in [3.8, 4) is 66.8 Å². The van der Waals surface area contributed by atoms with Gasteiger partial charge < -0.3 is 9.32 Å². The zero-order valence-electron chi connectivity index (χ0n) is 37.7. The molecule has 12 aromatic rings. The van der Waals surface area contributed by atoms with Crippen LogP contribution in [0.5, 0.6) is 0 Å². The Morgan fingerprint density at radius 1 is 0.246 bits per heavy atom. The van der Waals surface area contributed by atoms with Gasteiger partial charge in [-0.3, -0.25) is 0 Å². The molecule has 14 rings (SSSR count). The predicted octanol–water partition coefficient (Wildman–Crippen LogP) is 18.1. The topological polar surface area (TPSA) is 16.4 Å². The van der Waals surface area contributed by atoms with E-state index in [-0.39, 0.29) is 0 Å². The van der Waals surface area contributed by atoms with Gasteiger partial charge in [-0.2, -0.15) is 0 Å². The van der Waals surface area contributed by atoms with E-state index in [0.29, 0.717) is 0 Å². The molecule has 0 bridgehead atoms. The van der Waals surface area contributed by atoms with Crippen LogP contribution >= 0.6 is 0 Å². The number of benzene rings is 11. The highest BCUT2D eigenvalue weighted by Crippen LogP contribution is 2.63. The van der Waals surface area contributed by atoms with E-state index < -0.39 is 5.41 Å². The summed E-state index contributed by atoms with van der Waals surface area (Å²) in [6.45, 7) is 0. The first-order chi connectivity index (χ1) is 34.2. The molecule has 2 nitrogen and oxygen atoms in total. The van der Waals surface area contributed by atoms with Crippen molar-refractivity contribution >= 4 is 39.0 Å². The first-order valence-electron chi connectivity index (χ1n) is 23.8. The maximum Gasteiger partial charge on any atom is 0.143 e. The van der Waals surface area contributed by atoms with Gasteiger partial charge in [0.05, 0.1) is 5.41 Å². The van der Waals surface area contributed by atoms with Crippen LogP contribution in [0.1, 0.15) is 22.3 Å². The number of anilines is 3. The number of rotatable bonds is 7. The molecule has 0 unspecified atom stereocenters. The van der Waals surface area contributed by atoms with Crippen molar-refractivity contribution in [2.75, 3.05) is 4.90 Å². The number of hydrogen-bond donors (Lipinski definition) is 0. The van der Waals surface area contributed by atoms with Crippen LogP contribution < -0.4 is 4.90 Å². The lowest BCUT2D eigenvalue weighted by Crippen LogP contribution is -2.26. The van der Waals surface area contributed by atoms with Crippen LogP contribution in [-0.4, -0.2) is 0 Å². The maximum absolute atomic E-state index is 6.77. The van der Waals surface area contributed by atoms with Gasteiger partial charge >= 0.3 is 0 Å². The maximum atomic E-state index is 6.77. The van der Waals surface area contributed by atoms with E-state index in [1.165, 1.54) is 55.6 Å². The molecule has 69 heavy (non-hydrogen) atoms. The Morgan fingerprint density at radius 3 is 1.09 bits per heavy atom. The Morgan fingerprint density at radius 2 is 0.594 bits per heavy atom. The number of hydrogen-bond acceptors (Lipinski definition) is 2. The zero-order valence-corrected chi connectivity index (χ0v) is 37.7. The van der Waals surface area contributed by atoms with Crippen LogP contribution in [0.4, 0.5) is 17.1 Å². The molecule has 0 saturated heterocycles. The van der Waals surface area contributed by atoms with E-state index in [1.807, 2.05) is 0 Å². The SMILES string of the molecule is c1ccc(-c2ccc(N(c3ccc(-c4ccc(-c5cccc6c5oc5c(-c7ccccc7)cccc56)cc4)cc3)c3ccc4c(c3)C3(c5ccccc5-c5ccccc53)c3ccccc3-4)cc2)cc1. The third-order valence-electron chi connectivity index (χ3n) is 14.7. The monoisotopic (exact) mass is 877 g/mol. The number of fused-ring (bicyclic) bond motifs is 13. The molecule has 2 heteroatoms. The van der Waals surface area contributed by atoms with E-state index >= 15 is 0 Å². The second kappa shape index (κ2) is 15.6. The fourth-order valence-corrected chi connectivity index (χ4v) is 11.6. The number of para-hydroxylation sites is 2. The molecule has 1 aromatic heterocycles. The van der Waals surface area contributed by atoms with Crippen LogP contribution in [0.15, 0.2) is 265 Å².